The highest BCUT2D eigenvalue weighted by molar-refractivity contribution is 7.91. The lowest BCUT2D eigenvalue weighted by Crippen LogP contribution is -2.46. The van der Waals surface area contributed by atoms with Crippen LogP contribution >= 0.6 is 0 Å². The molecule has 1 heterocycles. The first-order valence-electron chi connectivity index (χ1n) is 6.78. The van der Waals surface area contributed by atoms with Gasteiger partial charge in [0.25, 0.3) is 0 Å². The van der Waals surface area contributed by atoms with Crippen LogP contribution in [0.5, 0.6) is 0 Å². The number of sulfone groups is 1. The SMILES string of the molecule is C[C@@H]([C@H](C)S(C)(=O)=O)N(C)CC(=O)N(C)Cc1ccco1. The van der Waals surface area contributed by atoms with Gasteiger partial charge >= 0.3 is 0 Å². The minimum atomic E-state index is -3.13. The lowest BCUT2D eigenvalue weighted by atomic mass is 10.2. The van der Waals surface area contributed by atoms with Crippen molar-refractivity contribution in [3.8, 4) is 0 Å². The number of amides is 1. The molecule has 0 fully saturated rings. The minimum absolute atomic E-state index is 0.0820. The van der Waals surface area contributed by atoms with Crippen LogP contribution in [0.25, 0.3) is 0 Å². The maximum absolute atomic E-state index is 12.1. The van der Waals surface area contributed by atoms with E-state index < -0.39 is 15.1 Å². The van der Waals surface area contributed by atoms with Crippen molar-refractivity contribution in [2.45, 2.75) is 31.7 Å². The van der Waals surface area contributed by atoms with Crippen molar-refractivity contribution in [2.75, 3.05) is 26.9 Å². The van der Waals surface area contributed by atoms with E-state index in [1.165, 1.54) is 6.26 Å². The molecule has 0 unspecified atom stereocenters. The zero-order valence-electron chi connectivity index (χ0n) is 13.2. The maximum Gasteiger partial charge on any atom is 0.236 e. The summed E-state index contributed by atoms with van der Waals surface area (Å²) >= 11 is 0. The molecular weight excluding hydrogens is 292 g/mol. The van der Waals surface area contributed by atoms with Crippen LogP contribution in [0.4, 0.5) is 0 Å². The van der Waals surface area contributed by atoms with Crippen LogP contribution < -0.4 is 0 Å². The number of likely N-dealkylation sites (N-methyl/N-ethyl adjacent to an activating group) is 2. The van der Waals surface area contributed by atoms with E-state index in [0.717, 1.165) is 0 Å². The maximum atomic E-state index is 12.1. The normalized spacial score (nSPS) is 15.0. The second-order valence-corrected chi connectivity index (χ2v) is 7.92. The van der Waals surface area contributed by atoms with Crippen molar-refractivity contribution in [1.29, 1.82) is 0 Å². The average molecular weight is 316 g/mol. The highest BCUT2D eigenvalue weighted by Crippen LogP contribution is 2.11. The molecule has 0 spiro atoms. The van der Waals surface area contributed by atoms with Gasteiger partial charge in [-0.2, -0.15) is 0 Å². The van der Waals surface area contributed by atoms with Crippen LogP contribution in [0.3, 0.4) is 0 Å². The largest absolute Gasteiger partial charge is 0.467 e. The first-order valence-corrected chi connectivity index (χ1v) is 8.73. The predicted molar refractivity (Wildman–Crippen MR) is 81.6 cm³/mol. The highest BCUT2D eigenvalue weighted by Gasteiger charge is 2.27. The standard InChI is InChI=1S/C14H24N2O4S/c1-11(12(2)21(5,18)19)15(3)10-14(17)16(4)9-13-7-6-8-20-13/h6-8,11-12H,9-10H2,1-5H3/t11-,12-/m0/s1. The van der Waals surface area contributed by atoms with Crippen molar-refractivity contribution in [2.24, 2.45) is 0 Å². The number of rotatable bonds is 7. The Labute approximate surface area is 126 Å². The summed E-state index contributed by atoms with van der Waals surface area (Å²) in [4.78, 5) is 15.5. The predicted octanol–water partition coefficient (Wildman–Crippen LogP) is 0.991. The zero-order chi connectivity index (χ0) is 16.2. The van der Waals surface area contributed by atoms with E-state index in [2.05, 4.69) is 0 Å². The summed E-state index contributed by atoms with van der Waals surface area (Å²) in [6.07, 6.45) is 2.78. The summed E-state index contributed by atoms with van der Waals surface area (Å²) in [5.41, 5.74) is 0. The third-order valence-corrected chi connectivity index (χ3v) is 5.58. The molecule has 0 bridgehead atoms. The van der Waals surface area contributed by atoms with Gasteiger partial charge < -0.3 is 9.32 Å². The van der Waals surface area contributed by atoms with Crippen LogP contribution in [-0.2, 0) is 21.2 Å². The Bertz CT molecular complexity index is 554. The smallest absolute Gasteiger partial charge is 0.236 e. The molecule has 1 rings (SSSR count). The number of carbonyl (C=O) groups excluding carboxylic acids is 1. The number of hydrogen-bond acceptors (Lipinski definition) is 5. The molecular formula is C14H24N2O4S. The third-order valence-electron chi connectivity index (χ3n) is 3.83. The van der Waals surface area contributed by atoms with E-state index in [9.17, 15) is 13.2 Å². The monoisotopic (exact) mass is 316 g/mol. The van der Waals surface area contributed by atoms with Crippen molar-refractivity contribution < 1.29 is 17.6 Å². The lowest BCUT2D eigenvalue weighted by Gasteiger charge is -2.29. The fourth-order valence-electron chi connectivity index (χ4n) is 1.92. The summed E-state index contributed by atoms with van der Waals surface area (Å²) in [5.74, 6) is 0.632. The Balaban J connectivity index is 2.57. The van der Waals surface area contributed by atoms with E-state index in [-0.39, 0.29) is 18.5 Å². The van der Waals surface area contributed by atoms with Crippen LogP contribution in [-0.4, -0.2) is 62.3 Å². The molecule has 0 radical (unpaired) electrons. The molecule has 0 aliphatic carbocycles. The summed E-state index contributed by atoms with van der Waals surface area (Å²) < 4.78 is 28.4. The minimum Gasteiger partial charge on any atom is -0.467 e. The van der Waals surface area contributed by atoms with Gasteiger partial charge in [0.15, 0.2) is 9.84 Å². The molecule has 7 heteroatoms. The fraction of sp³-hybridized carbons (Fsp3) is 0.643. The van der Waals surface area contributed by atoms with Crippen molar-refractivity contribution in [3.63, 3.8) is 0 Å². The quantitative estimate of drug-likeness (QED) is 0.750. The van der Waals surface area contributed by atoms with Gasteiger partial charge in [-0.15, -0.1) is 0 Å². The molecule has 0 aromatic carbocycles. The van der Waals surface area contributed by atoms with Gasteiger partial charge in [0.2, 0.25) is 5.91 Å². The van der Waals surface area contributed by atoms with E-state index in [0.29, 0.717) is 12.3 Å². The number of furan rings is 1. The molecule has 1 aromatic rings. The van der Waals surface area contributed by atoms with Crippen molar-refractivity contribution in [3.05, 3.63) is 24.2 Å². The highest BCUT2D eigenvalue weighted by atomic mass is 32.2. The number of hydrogen-bond donors (Lipinski definition) is 0. The molecule has 0 aliphatic rings. The molecule has 0 saturated carbocycles. The van der Waals surface area contributed by atoms with Gasteiger partial charge in [-0.05, 0) is 33.0 Å². The number of nitrogens with zero attached hydrogens (tertiary/aromatic N) is 2. The number of carbonyl (C=O) groups is 1. The lowest BCUT2D eigenvalue weighted by molar-refractivity contribution is -0.132. The summed E-state index contributed by atoms with van der Waals surface area (Å²) in [5, 5.41) is -0.523. The van der Waals surface area contributed by atoms with Crippen molar-refractivity contribution >= 4 is 15.7 Å². The Kier molecular flexibility index (Phi) is 5.98. The van der Waals surface area contributed by atoms with Gasteiger partial charge in [0.05, 0.1) is 24.6 Å². The van der Waals surface area contributed by atoms with E-state index >= 15 is 0 Å². The van der Waals surface area contributed by atoms with E-state index in [4.69, 9.17) is 4.42 Å². The van der Waals surface area contributed by atoms with Crippen LogP contribution in [0, 0.1) is 0 Å². The topological polar surface area (TPSA) is 70.8 Å². The molecule has 0 aliphatic heterocycles. The Morgan fingerprint density at radius 2 is 1.95 bits per heavy atom. The van der Waals surface area contributed by atoms with Crippen LogP contribution in [0.15, 0.2) is 22.8 Å². The molecule has 1 amide bonds. The molecule has 120 valence electrons. The summed E-state index contributed by atoms with van der Waals surface area (Å²) in [6, 6.07) is 3.35. The Morgan fingerprint density at radius 1 is 1.33 bits per heavy atom. The van der Waals surface area contributed by atoms with Gasteiger partial charge in [-0.3, -0.25) is 9.69 Å². The first-order chi connectivity index (χ1) is 9.62. The summed E-state index contributed by atoms with van der Waals surface area (Å²) in [6.45, 7) is 4.03. The Hall–Kier alpha value is -1.34. The average Bonchev–Trinajstić information content (AvgIpc) is 2.88. The van der Waals surface area contributed by atoms with Gasteiger partial charge in [0, 0.05) is 19.3 Å². The second kappa shape index (κ2) is 7.09. The van der Waals surface area contributed by atoms with Gasteiger partial charge in [-0.25, -0.2) is 8.42 Å². The van der Waals surface area contributed by atoms with Crippen LogP contribution in [0.2, 0.25) is 0 Å². The van der Waals surface area contributed by atoms with Gasteiger partial charge in [0.1, 0.15) is 5.76 Å². The molecule has 0 N–H and O–H groups in total. The second-order valence-electron chi connectivity index (χ2n) is 5.52. The molecule has 21 heavy (non-hydrogen) atoms. The first kappa shape index (κ1) is 17.7. The Morgan fingerprint density at radius 3 is 2.43 bits per heavy atom. The van der Waals surface area contributed by atoms with Crippen molar-refractivity contribution in [1.82, 2.24) is 9.80 Å². The third kappa shape index (κ3) is 5.17. The van der Waals surface area contributed by atoms with Crippen LogP contribution in [0.1, 0.15) is 19.6 Å². The zero-order valence-corrected chi connectivity index (χ0v) is 14.1. The molecule has 1 aromatic heterocycles. The molecule has 0 saturated heterocycles. The fourth-order valence-corrected chi connectivity index (χ4v) is 2.84. The molecule has 2 atom stereocenters. The van der Waals surface area contributed by atoms with E-state index in [1.807, 2.05) is 13.0 Å². The molecule has 6 nitrogen and oxygen atoms in total. The van der Waals surface area contributed by atoms with E-state index in [1.54, 1.807) is 43.1 Å². The summed E-state index contributed by atoms with van der Waals surface area (Å²) in [7, 11) is 0.327. The van der Waals surface area contributed by atoms with Gasteiger partial charge in [-0.1, -0.05) is 0 Å².